The summed E-state index contributed by atoms with van der Waals surface area (Å²) < 4.78 is 54.6. The van der Waals surface area contributed by atoms with Crippen molar-refractivity contribution in [3.8, 4) is 11.5 Å². The number of unbranched alkanes of at least 4 members (excludes halogenated alkanes) is 1. The van der Waals surface area contributed by atoms with Crippen LogP contribution in [-0.2, 0) is 0 Å². The van der Waals surface area contributed by atoms with Crippen LogP contribution in [0, 0.1) is 29.4 Å². The third kappa shape index (κ3) is 6.55. The Hall–Kier alpha value is -1.39. The van der Waals surface area contributed by atoms with Crippen LogP contribution >= 0.6 is 0 Å². The molecule has 1 aromatic carbocycles. The largest absolute Gasteiger partial charge is 0.490 e. The van der Waals surface area contributed by atoms with E-state index < -0.39 is 17.3 Å². The fourth-order valence-corrected chi connectivity index (χ4v) is 5.40. The predicted molar refractivity (Wildman–Crippen MR) is 118 cm³/mol. The molecule has 3 rings (SSSR count). The SMILES string of the molecule is CCCCOc1ccc(OCC2(F)CCC(C3CCC(CCC)CC3)CC2)c(F)c1F. The van der Waals surface area contributed by atoms with Gasteiger partial charge in [-0.15, -0.1) is 0 Å². The van der Waals surface area contributed by atoms with Gasteiger partial charge in [0.05, 0.1) is 6.61 Å². The standard InChI is InChI=1S/C26H39F3O2/c1-3-5-17-30-22-11-12-23(25(28)24(22)27)31-18-26(29)15-13-21(14-16-26)20-9-7-19(6-4-2)8-10-20/h11-12,19-21H,3-10,13-18H2,1-2H3. The van der Waals surface area contributed by atoms with Gasteiger partial charge in [0.2, 0.25) is 11.6 Å². The van der Waals surface area contributed by atoms with Crippen LogP contribution in [0.2, 0.25) is 0 Å². The molecule has 0 saturated heterocycles. The molecule has 176 valence electrons. The van der Waals surface area contributed by atoms with Crippen molar-refractivity contribution in [2.75, 3.05) is 13.2 Å². The fourth-order valence-electron chi connectivity index (χ4n) is 5.40. The van der Waals surface area contributed by atoms with E-state index in [1.807, 2.05) is 6.92 Å². The highest BCUT2D eigenvalue weighted by Gasteiger charge is 2.39. The lowest BCUT2D eigenvalue weighted by molar-refractivity contribution is 0.0151. The summed E-state index contributed by atoms with van der Waals surface area (Å²) in [4.78, 5) is 0. The molecule has 0 atom stereocenters. The first kappa shape index (κ1) is 24.3. The second-order valence-electron chi connectivity index (χ2n) is 9.74. The molecule has 0 amide bonds. The van der Waals surface area contributed by atoms with Gasteiger partial charge in [-0.05, 0) is 74.8 Å². The van der Waals surface area contributed by atoms with Crippen molar-refractivity contribution in [1.29, 1.82) is 0 Å². The van der Waals surface area contributed by atoms with Gasteiger partial charge in [-0.25, -0.2) is 4.39 Å². The summed E-state index contributed by atoms with van der Waals surface area (Å²) in [7, 11) is 0. The second kappa shape index (κ2) is 11.5. The summed E-state index contributed by atoms with van der Waals surface area (Å²) in [5, 5.41) is 0. The van der Waals surface area contributed by atoms with E-state index >= 15 is 4.39 Å². The number of rotatable bonds is 10. The number of benzene rings is 1. The summed E-state index contributed by atoms with van der Waals surface area (Å²) in [5.41, 5.74) is -1.46. The molecule has 2 fully saturated rings. The Morgan fingerprint density at radius 2 is 1.42 bits per heavy atom. The number of ether oxygens (including phenoxy) is 2. The van der Waals surface area contributed by atoms with Gasteiger partial charge >= 0.3 is 0 Å². The molecule has 2 saturated carbocycles. The monoisotopic (exact) mass is 440 g/mol. The molecule has 2 aliphatic carbocycles. The van der Waals surface area contributed by atoms with E-state index in [1.165, 1.54) is 50.7 Å². The number of hydrogen-bond donors (Lipinski definition) is 0. The lowest BCUT2D eigenvalue weighted by atomic mass is 9.68. The molecule has 0 aliphatic heterocycles. The van der Waals surface area contributed by atoms with Gasteiger partial charge in [0.1, 0.15) is 12.3 Å². The molecule has 0 spiro atoms. The van der Waals surface area contributed by atoms with Crippen LogP contribution in [0.3, 0.4) is 0 Å². The first-order chi connectivity index (χ1) is 15.0. The molecule has 0 N–H and O–H groups in total. The Morgan fingerprint density at radius 3 is 2.00 bits per heavy atom. The minimum atomic E-state index is -1.46. The maximum absolute atomic E-state index is 15.3. The minimum Gasteiger partial charge on any atom is -0.490 e. The smallest absolute Gasteiger partial charge is 0.204 e. The van der Waals surface area contributed by atoms with E-state index in [2.05, 4.69) is 6.92 Å². The summed E-state index contributed by atoms with van der Waals surface area (Å²) >= 11 is 0. The Kier molecular flexibility index (Phi) is 8.97. The molecule has 0 bridgehead atoms. The van der Waals surface area contributed by atoms with Gasteiger partial charge in [-0.1, -0.05) is 46.0 Å². The second-order valence-corrected chi connectivity index (χ2v) is 9.74. The lowest BCUT2D eigenvalue weighted by Gasteiger charge is -2.40. The zero-order valence-electron chi connectivity index (χ0n) is 19.2. The van der Waals surface area contributed by atoms with Crippen molar-refractivity contribution in [2.45, 2.75) is 96.6 Å². The third-order valence-corrected chi connectivity index (χ3v) is 7.43. The zero-order chi connectivity index (χ0) is 22.3. The molecule has 0 heterocycles. The van der Waals surface area contributed by atoms with Crippen LogP contribution in [0.25, 0.3) is 0 Å². The molecule has 5 heteroatoms. The number of halogens is 3. The fraction of sp³-hybridized carbons (Fsp3) is 0.769. The molecule has 2 nitrogen and oxygen atoms in total. The van der Waals surface area contributed by atoms with Crippen molar-refractivity contribution in [2.24, 2.45) is 17.8 Å². The highest BCUT2D eigenvalue weighted by Crippen LogP contribution is 2.44. The summed E-state index contributed by atoms with van der Waals surface area (Å²) in [6.07, 6.45) is 12.1. The van der Waals surface area contributed by atoms with Gasteiger partial charge in [0.25, 0.3) is 0 Å². The molecular weight excluding hydrogens is 401 g/mol. The number of hydrogen-bond acceptors (Lipinski definition) is 2. The molecule has 0 aromatic heterocycles. The van der Waals surface area contributed by atoms with Gasteiger partial charge in [-0.3, -0.25) is 0 Å². The molecule has 0 unspecified atom stereocenters. The van der Waals surface area contributed by atoms with E-state index in [1.54, 1.807) is 0 Å². The van der Waals surface area contributed by atoms with E-state index in [9.17, 15) is 8.78 Å². The van der Waals surface area contributed by atoms with Crippen LogP contribution in [0.1, 0.15) is 90.9 Å². The van der Waals surface area contributed by atoms with Crippen LogP contribution in [0.15, 0.2) is 12.1 Å². The maximum Gasteiger partial charge on any atom is 0.204 e. The Morgan fingerprint density at radius 1 is 0.839 bits per heavy atom. The summed E-state index contributed by atoms with van der Waals surface area (Å²) in [6.45, 7) is 4.36. The lowest BCUT2D eigenvalue weighted by Crippen LogP contribution is -2.38. The predicted octanol–water partition coefficient (Wildman–Crippen LogP) is 8.03. The first-order valence-corrected chi connectivity index (χ1v) is 12.4. The average Bonchev–Trinajstić information content (AvgIpc) is 2.78. The Bertz CT molecular complexity index is 677. The van der Waals surface area contributed by atoms with E-state index in [0.29, 0.717) is 25.4 Å². The van der Waals surface area contributed by atoms with E-state index in [-0.39, 0.29) is 18.1 Å². The van der Waals surface area contributed by atoms with Gasteiger partial charge in [0, 0.05) is 0 Å². The van der Waals surface area contributed by atoms with Crippen molar-refractivity contribution < 1.29 is 22.6 Å². The maximum atomic E-state index is 15.3. The topological polar surface area (TPSA) is 18.5 Å². The number of alkyl halides is 1. The molecule has 2 aliphatic rings. The Labute approximate surface area is 185 Å². The van der Waals surface area contributed by atoms with Gasteiger partial charge in [-0.2, -0.15) is 8.78 Å². The van der Waals surface area contributed by atoms with Crippen LogP contribution in [0.5, 0.6) is 11.5 Å². The molecular formula is C26H39F3O2. The van der Waals surface area contributed by atoms with Crippen LogP contribution < -0.4 is 9.47 Å². The zero-order valence-corrected chi connectivity index (χ0v) is 19.2. The van der Waals surface area contributed by atoms with E-state index in [0.717, 1.165) is 37.5 Å². The van der Waals surface area contributed by atoms with Crippen molar-refractivity contribution in [3.63, 3.8) is 0 Å². The molecule has 1 aromatic rings. The average molecular weight is 441 g/mol. The van der Waals surface area contributed by atoms with Crippen LogP contribution in [-0.4, -0.2) is 18.9 Å². The van der Waals surface area contributed by atoms with Gasteiger partial charge in [0.15, 0.2) is 11.5 Å². The first-order valence-electron chi connectivity index (χ1n) is 12.4. The summed E-state index contributed by atoms with van der Waals surface area (Å²) in [6, 6.07) is 2.70. The highest BCUT2D eigenvalue weighted by atomic mass is 19.2. The highest BCUT2D eigenvalue weighted by molar-refractivity contribution is 5.35. The Balaban J connectivity index is 1.47. The van der Waals surface area contributed by atoms with Crippen molar-refractivity contribution in [3.05, 3.63) is 23.8 Å². The van der Waals surface area contributed by atoms with Crippen molar-refractivity contribution in [1.82, 2.24) is 0 Å². The third-order valence-electron chi connectivity index (χ3n) is 7.43. The quantitative estimate of drug-likeness (QED) is 0.343. The normalized spacial score (nSPS) is 29.0. The molecule has 0 radical (unpaired) electrons. The molecule has 31 heavy (non-hydrogen) atoms. The van der Waals surface area contributed by atoms with Gasteiger partial charge < -0.3 is 9.47 Å². The van der Waals surface area contributed by atoms with Crippen molar-refractivity contribution >= 4 is 0 Å². The van der Waals surface area contributed by atoms with Crippen LogP contribution in [0.4, 0.5) is 13.2 Å². The van der Waals surface area contributed by atoms with E-state index in [4.69, 9.17) is 9.47 Å². The summed E-state index contributed by atoms with van der Waals surface area (Å²) in [5.74, 6) is -0.321. The minimum absolute atomic E-state index is 0.123.